The largest absolute Gasteiger partial charge is 0.495 e. The second-order valence-electron chi connectivity index (χ2n) is 7.67. The highest BCUT2D eigenvalue weighted by Gasteiger charge is 2.32. The van der Waals surface area contributed by atoms with Crippen LogP contribution < -0.4 is 10.5 Å². The van der Waals surface area contributed by atoms with Gasteiger partial charge in [-0.05, 0) is 36.2 Å². The number of hydrogen-bond acceptors (Lipinski definition) is 7. The average Bonchev–Trinajstić information content (AvgIpc) is 2.78. The molecule has 0 unspecified atom stereocenters. The molecule has 0 aliphatic carbocycles. The van der Waals surface area contributed by atoms with Gasteiger partial charge in [-0.2, -0.15) is 4.31 Å². The molecule has 1 fully saturated rings. The molecular weight excluding hydrogens is 420 g/mol. The van der Waals surface area contributed by atoms with Crippen LogP contribution in [0, 0.1) is 6.92 Å². The van der Waals surface area contributed by atoms with Crippen LogP contribution in [-0.4, -0.2) is 68.5 Å². The number of aromatic nitrogens is 1. The molecule has 1 amide bonds. The Morgan fingerprint density at radius 3 is 2.65 bits per heavy atom. The Hall–Kier alpha value is -2.69. The van der Waals surface area contributed by atoms with Crippen LogP contribution in [-0.2, 0) is 27.7 Å². The monoisotopic (exact) mass is 446 g/mol. The number of rotatable bonds is 4. The third-order valence-electron chi connectivity index (χ3n) is 5.63. The summed E-state index contributed by atoms with van der Waals surface area (Å²) in [6.45, 7) is 4.16. The Morgan fingerprint density at radius 2 is 1.94 bits per heavy atom. The number of nitrogens with zero attached hydrogens (tertiary/aromatic N) is 3. The van der Waals surface area contributed by atoms with Gasteiger partial charge in [-0.25, -0.2) is 13.4 Å². The Balaban J connectivity index is 1.65. The van der Waals surface area contributed by atoms with Gasteiger partial charge < -0.3 is 20.1 Å². The summed E-state index contributed by atoms with van der Waals surface area (Å²) in [5.74, 6) is 0.262. The van der Waals surface area contributed by atoms with Gasteiger partial charge in [0.15, 0.2) is 0 Å². The quantitative estimate of drug-likeness (QED) is 0.750. The SMILES string of the molecule is COc1ccc(C)cc1S(=O)(=O)N1CCc2nc(N)c(C(=O)N3CCOCC3)cc2C1. The molecule has 0 bridgehead atoms. The molecule has 2 aliphatic heterocycles. The van der Waals surface area contributed by atoms with Crippen molar-refractivity contribution in [2.75, 3.05) is 45.7 Å². The molecule has 0 atom stereocenters. The topological polar surface area (TPSA) is 115 Å². The van der Waals surface area contributed by atoms with Crippen LogP contribution in [0.5, 0.6) is 5.75 Å². The van der Waals surface area contributed by atoms with Gasteiger partial charge in [-0.15, -0.1) is 0 Å². The first kappa shape index (κ1) is 21.5. The summed E-state index contributed by atoms with van der Waals surface area (Å²) >= 11 is 0. The summed E-state index contributed by atoms with van der Waals surface area (Å²) in [5.41, 5.74) is 8.61. The number of morpholine rings is 1. The van der Waals surface area contributed by atoms with E-state index in [-0.39, 0.29) is 29.7 Å². The van der Waals surface area contributed by atoms with Gasteiger partial charge in [-0.3, -0.25) is 4.79 Å². The fraction of sp³-hybridized carbons (Fsp3) is 0.429. The molecule has 2 aromatic rings. The van der Waals surface area contributed by atoms with Crippen LogP contribution in [0.25, 0.3) is 0 Å². The predicted octanol–water partition coefficient (Wildman–Crippen LogP) is 1.20. The van der Waals surface area contributed by atoms with E-state index in [4.69, 9.17) is 15.2 Å². The maximum Gasteiger partial charge on any atom is 0.257 e. The Kier molecular flexibility index (Phi) is 5.87. The highest BCUT2D eigenvalue weighted by Crippen LogP contribution is 2.31. The van der Waals surface area contributed by atoms with Gasteiger partial charge in [-0.1, -0.05) is 6.07 Å². The number of ether oxygens (including phenoxy) is 2. The maximum atomic E-state index is 13.4. The summed E-state index contributed by atoms with van der Waals surface area (Å²) in [6, 6.07) is 6.75. The zero-order valence-corrected chi connectivity index (χ0v) is 18.4. The van der Waals surface area contributed by atoms with Crippen molar-refractivity contribution in [1.82, 2.24) is 14.2 Å². The highest BCUT2D eigenvalue weighted by molar-refractivity contribution is 7.89. The number of nitrogens with two attached hydrogens (primary N) is 1. The number of methoxy groups -OCH3 is 1. The van der Waals surface area contributed by atoms with Gasteiger partial charge in [0.1, 0.15) is 16.5 Å². The number of amides is 1. The van der Waals surface area contributed by atoms with Crippen LogP contribution >= 0.6 is 0 Å². The summed E-state index contributed by atoms with van der Waals surface area (Å²) in [7, 11) is -2.35. The molecule has 3 heterocycles. The molecule has 4 rings (SSSR count). The number of anilines is 1. The minimum Gasteiger partial charge on any atom is -0.495 e. The van der Waals surface area contributed by atoms with Crippen molar-refractivity contribution in [1.29, 1.82) is 0 Å². The van der Waals surface area contributed by atoms with Gasteiger partial charge in [0.05, 0.1) is 25.9 Å². The van der Waals surface area contributed by atoms with E-state index in [0.29, 0.717) is 49.6 Å². The van der Waals surface area contributed by atoms with E-state index >= 15 is 0 Å². The third kappa shape index (κ3) is 4.10. The van der Waals surface area contributed by atoms with E-state index in [1.165, 1.54) is 11.4 Å². The number of fused-ring (bicyclic) bond motifs is 1. The lowest BCUT2D eigenvalue weighted by Crippen LogP contribution is -2.41. The number of hydrogen-bond donors (Lipinski definition) is 1. The third-order valence-corrected chi connectivity index (χ3v) is 7.50. The molecule has 0 spiro atoms. The standard InChI is InChI=1S/C21H26N4O5S/c1-14-3-4-18(29-2)19(11-14)31(27,28)25-6-5-17-15(13-25)12-16(20(22)23-17)21(26)24-7-9-30-10-8-24/h3-4,11-12H,5-10,13H2,1-2H3,(H2,22,23). The molecule has 1 saturated heterocycles. The first-order valence-electron chi connectivity index (χ1n) is 10.1. The smallest absolute Gasteiger partial charge is 0.257 e. The fourth-order valence-corrected chi connectivity index (χ4v) is 5.56. The molecule has 10 heteroatoms. The zero-order chi connectivity index (χ0) is 22.2. The summed E-state index contributed by atoms with van der Waals surface area (Å²) in [4.78, 5) is 19.2. The minimum atomic E-state index is -3.80. The van der Waals surface area contributed by atoms with E-state index < -0.39 is 10.0 Å². The van der Waals surface area contributed by atoms with E-state index in [2.05, 4.69) is 4.98 Å². The average molecular weight is 447 g/mol. The Labute approximate surface area is 181 Å². The lowest BCUT2D eigenvalue weighted by Gasteiger charge is -2.30. The Morgan fingerprint density at radius 1 is 1.19 bits per heavy atom. The molecule has 0 saturated carbocycles. The lowest BCUT2D eigenvalue weighted by atomic mass is 10.0. The second kappa shape index (κ2) is 8.45. The molecule has 31 heavy (non-hydrogen) atoms. The van der Waals surface area contributed by atoms with Gasteiger partial charge >= 0.3 is 0 Å². The molecule has 2 N–H and O–H groups in total. The fourth-order valence-electron chi connectivity index (χ4n) is 3.90. The van der Waals surface area contributed by atoms with Crippen molar-refractivity contribution in [3.05, 3.63) is 46.6 Å². The first-order chi connectivity index (χ1) is 14.8. The summed E-state index contributed by atoms with van der Waals surface area (Å²) < 4.78 is 38.7. The highest BCUT2D eigenvalue weighted by atomic mass is 32.2. The predicted molar refractivity (Wildman–Crippen MR) is 114 cm³/mol. The van der Waals surface area contributed by atoms with Crippen LogP contribution in [0.3, 0.4) is 0 Å². The van der Waals surface area contributed by atoms with Crippen molar-refractivity contribution in [2.45, 2.75) is 24.8 Å². The molecule has 9 nitrogen and oxygen atoms in total. The number of nitrogen functional groups attached to an aromatic ring is 1. The maximum absolute atomic E-state index is 13.4. The number of carbonyl (C=O) groups excluding carboxylic acids is 1. The molecule has 0 radical (unpaired) electrons. The van der Waals surface area contributed by atoms with E-state index in [0.717, 1.165) is 11.3 Å². The molecule has 1 aromatic heterocycles. The minimum absolute atomic E-state index is 0.117. The van der Waals surface area contributed by atoms with Crippen LogP contribution in [0.1, 0.15) is 27.2 Å². The molecule has 166 valence electrons. The molecular formula is C21H26N4O5S. The van der Waals surface area contributed by atoms with Crippen molar-refractivity contribution in [3.63, 3.8) is 0 Å². The first-order valence-corrected chi connectivity index (χ1v) is 11.6. The second-order valence-corrected chi connectivity index (χ2v) is 9.58. The Bertz CT molecular complexity index is 1110. The van der Waals surface area contributed by atoms with Crippen LogP contribution in [0.15, 0.2) is 29.2 Å². The van der Waals surface area contributed by atoms with Crippen LogP contribution in [0.4, 0.5) is 5.82 Å². The van der Waals surface area contributed by atoms with Gasteiger partial charge in [0.2, 0.25) is 10.0 Å². The molecule has 2 aliphatic rings. The zero-order valence-electron chi connectivity index (χ0n) is 17.6. The van der Waals surface area contributed by atoms with Crippen molar-refractivity contribution >= 4 is 21.7 Å². The summed E-state index contributed by atoms with van der Waals surface area (Å²) in [5, 5.41) is 0. The van der Waals surface area contributed by atoms with Crippen LogP contribution in [0.2, 0.25) is 0 Å². The van der Waals surface area contributed by atoms with E-state index in [1.54, 1.807) is 29.2 Å². The van der Waals surface area contributed by atoms with Crippen molar-refractivity contribution in [3.8, 4) is 5.75 Å². The lowest BCUT2D eigenvalue weighted by molar-refractivity contribution is 0.0303. The number of benzene rings is 1. The van der Waals surface area contributed by atoms with Crippen molar-refractivity contribution in [2.24, 2.45) is 0 Å². The van der Waals surface area contributed by atoms with Crippen molar-refractivity contribution < 1.29 is 22.7 Å². The van der Waals surface area contributed by atoms with E-state index in [1.807, 2.05) is 6.92 Å². The van der Waals surface area contributed by atoms with Gasteiger partial charge in [0, 0.05) is 38.3 Å². The summed E-state index contributed by atoms with van der Waals surface area (Å²) in [6.07, 6.45) is 0.416. The number of aryl methyl sites for hydroxylation is 1. The van der Waals surface area contributed by atoms with Gasteiger partial charge in [0.25, 0.3) is 5.91 Å². The number of carbonyl (C=O) groups is 1. The van der Waals surface area contributed by atoms with E-state index in [9.17, 15) is 13.2 Å². The molecule has 1 aromatic carbocycles. The number of pyridine rings is 1. The normalized spacial score (nSPS) is 17.3. The number of sulfonamides is 1.